The lowest BCUT2D eigenvalue weighted by atomic mass is 9.91. The number of halogens is 2. The third-order valence-corrected chi connectivity index (χ3v) is 4.99. The molecule has 0 aliphatic heterocycles. The van der Waals surface area contributed by atoms with Crippen LogP contribution in [0.5, 0.6) is 0 Å². The quantitative estimate of drug-likeness (QED) is 0.843. The van der Waals surface area contributed by atoms with Gasteiger partial charge in [0.15, 0.2) is 0 Å². The van der Waals surface area contributed by atoms with E-state index in [-0.39, 0.29) is 10.8 Å². The maximum atomic E-state index is 13.5. The molecule has 1 saturated carbocycles. The van der Waals surface area contributed by atoms with Gasteiger partial charge in [0.1, 0.15) is 5.82 Å². The van der Waals surface area contributed by atoms with Crippen molar-refractivity contribution >= 4 is 11.6 Å². The van der Waals surface area contributed by atoms with Crippen LogP contribution in [0.2, 0.25) is 5.02 Å². The molecule has 1 aromatic carbocycles. The largest absolute Gasteiger partial charge is 0.316 e. The first kappa shape index (κ1) is 14.8. The molecule has 0 aromatic heterocycles. The molecule has 0 heterocycles. The molecule has 2 rings (SSSR count). The van der Waals surface area contributed by atoms with Crippen LogP contribution in [-0.2, 0) is 6.42 Å². The van der Waals surface area contributed by atoms with E-state index in [2.05, 4.69) is 12.2 Å². The predicted molar refractivity (Wildman–Crippen MR) is 79.1 cm³/mol. The van der Waals surface area contributed by atoms with Gasteiger partial charge in [0.25, 0.3) is 0 Å². The standard InChI is InChI=1S/C16H23ClFN/c1-3-11-7-8-12(9-11)15(19-2)10-13-5-4-6-14(18)16(13)17/h4-6,11-12,15,19H,3,7-10H2,1-2H3. The van der Waals surface area contributed by atoms with Gasteiger partial charge in [0.05, 0.1) is 5.02 Å². The Balaban J connectivity index is 2.05. The Kier molecular flexibility index (Phi) is 5.23. The van der Waals surface area contributed by atoms with Crippen molar-refractivity contribution in [3.8, 4) is 0 Å². The maximum Gasteiger partial charge on any atom is 0.142 e. The molecular weight excluding hydrogens is 261 g/mol. The summed E-state index contributed by atoms with van der Waals surface area (Å²) in [5.41, 5.74) is 0.918. The molecule has 1 N–H and O–H groups in total. The van der Waals surface area contributed by atoms with Crippen molar-refractivity contribution in [2.75, 3.05) is 7.05 Å². The van der Waals surface area contributed by atoms with Crippen molar-refractivity contribution < 1.29 is 4.39 Å². The second kappa shape index (κ2) is 6.71. The fourth-order valence-corrected chi connectivity index (χ4v) is 3.50. The van der Waals surface area contributed by atoms with Gasteiger partial charge in [-0.2, -0.15) is 0 Å². The highest BCUT2D eigenvalue weighted by molar-refractivity contribution is 6.31. The molecule has 1 aromatic rings. The first-order chi connectivity index (χ1) is 9.15. The predicted octanol–water partition coefficient (Wildman–Crippen LogP) is 4.44. The molecule has 0 amide bonds. The summed E-state index contributed by atoms with van der Waals surface area (Å²) in [6.45, 7) is 2.27. The third kappa shape index (κ3) is 3.49. The van der Waals surface area contributed by atoms with Gasteiger partial charge in [-0.1, -0.05) is 43.5 Å². The summed E-state index contributed by atoms with van der Waals surface area (Å²) in [4.78, 5) is 0. The number of nitrogens with one attached hydrogen (secondary N) is 1. The van der Waals surface area contributed by atoms with Crippen LogP contribution in [0.1, 0.15) is 38.2 Å². The van der Waals surface area contributed by atoms with Crippen molar-refractivity contribution in [1.82, 2.24) is 5.32 Å². The molecule has 0 radical (unpaired) electrons. The summed E-state index contributed by atoms with van der Waals surface area (Å²) in [5, 5.41) is 3.69. The van der Waals surface area contributed by atoms with E-state index in [0.29, 0.717) is 12.0 Å². The number of hydrogen-bond acceptors (Lipinski definition) is 1. The molecule has 1 nitrogen and oxygen atoms in total. The van der Waals surface area contributed by atoms with Crippen molar-refractivity contribution in [2.24, 2.45) is 11.8 Å². The molecule has 0 spiro atoms. The number of benzene rings is 1. The highest BCUT2D eigenvalue weighted by Crippen LogP contribution is 2.36. The fourth-order valence-electron chi connectivity index (χ4n) is 3.30. The topological polar surface area (TPSA) is 12.0 Å². The molecule has 3 unspecified atom stereocenters. The maximum absolute atomic E-state index is 13.5. The van der Waals surface area contributed by atoms with E-state index >= 15 is 0 Å². The summed E-state index contributed by atoms with van der Waals surface area (Å²) < 4.78 is 13.5. The first-order valence-corrected chi connectivity index (χ1v) is 7.63. The van der Waals surface area contributed by atoms with E-state index in [4.69, 9.17) is 11.6 Å². The van der Waals surface area contributed by atoms with E-state index in [1.54, 1.807) is 6.07 Å². The van der Waals surface area contributed by atoms with Crippen molar-refractivity contribution in [3.05, 3.63) is 34.6 Å². The fraction of sp³-hybridized carbons (Fsp3) is 0.625. The highest BCUT2D eigenvalue weighted by atomic mass is 35.5. The molecule has 1 fully saturated rings. The summed E-state index contributed by atoms with van der Waals surface area (Å²) in [5.74, 6) is 1.24. The van der Waals surface area contributed by atoms with E-state index < -0.39 is 0 Å². The molecule has 19 heavy (non-hydrogen) atoms. The van der Waals surface area contributed by atoms with Gasteiger partial charge in [-0.05, 0) is 49.8 Å². The van der Waals surface area contributed by atoms with E-state index in [1.807, 2.05) is 13.1 Å². The Morgan fingerprint density at radius 2 is 2.21 bits per heavy atom. The minimum Gasteiger partial charge on any atom is -0.316 e. The zero-order chi connectivity index (χ0) is 13.8. The zero-order valence-corrected chi connectivity index (χ0v) is 12.5. The SMILES string of the molecule is CCC1CCC(C(Cc2cccc(F)c2Cl)NC)C1. The summed E-state index contributed by atoms with van der Waals surface area (Å²) in [7, 11) is 2.00. The molecule has 1 aliphatic carbocycles. The Morgan fingerprint density at radius 1 is 1.42 bits per heavy atom. The van der Waals surface area contributed by atoms with Gasteiger partial charge >= 0.3 is 0 Å². The van der Waals surface area contributed by atoms with Gasteiger partial charge < -0.3 is 5.32 Å². The van der Waals surface area contributed by atoms with Crippen LogP contribution in [0.4, 0.5) is 4.39 Å². The Hall–Kier alpha value is -0.600. The van der Waals surface area contributed by atoms with Gasteiger partial charge in [-0.25, -0.2) is 4.39 Å². The number of likely N-dealkylation sites (N-methyl/N-ethyl adjacent to an activating group) is 1. The van der Waals surface area contributed by atoms with Crippen molar-refractivity contribution in [2.45, 2.75) is 45.1 Å². The number of hydrogen-bond donors (Lipinski definition) is 1. The lowest BCUT2D eigenvalue weighted by Gasteiger charge is -2.24. The molecule has 3 atom stereocenters. The van der Waals surface area contributed by atoms with Gasteiger partial charge in [-0.15, -0.1) is 0 Å². The lowest BCUT2D eigenvalue weighted by Crippen LogP contribution is -2.34. The van der Waals surface area contributed by atoms with Crippen LogP contribution in [0.15, 0.2) is 18.2 Å². The smallest absolute Gasteiger partial charge is 0.142 e. The zero-order valence-electron chi connectivity index (χ0n) is 11.8. The summed E-state index contributed by atoms with van der Waals surface area (Å²) in [6, 6.07) is 5.49. The molecule has 3 heteroatoms. The van der Waals surface area contributed by atoms with E-state index in [1.165, 1.54) is 31.7 Å². The monoisotopic (exact) mass is 283 g/mol. The average molecular weight is 284 g/mol. The highest BCUT2D eigenvalue weighted by Gasteiger charge is 2.29. The first-order valence-electron chi connectivity index (χ1n) is 7.25. The van der Waals surface area contributed by atoms with Gasteiger partial charge in [0.2, 0.25) is 0 Å². The van der Waals surface area contributed by atoms with Crippen molar-refractivity contribution in [3.63, 3.8) is 0 Å². The van der Waals surface area contributed by atoms with Crippen LogP contribution in [0, 0.1) is 17.7 Å². The lowest BCUT2D eigenvalue weighted by molar-refractivity contribution is 0.361. The third-order valence-electron chi connectivity index (χ3n) is 4.57. The number of rotatable bonds is 5. The molecule has 106 valence electrons. The molecular formula is C16H23ClFN. The van der Waals surface area contributed by atoms with E-state index in [9.17, 15) is 4.39 Å². The summed E-state index contributed by atoms with van der Waals surface area (Å²) in [6.07, 6.45) is 5.98. The minimum atomic E-state index is -0.313. The Labute approximate surface area is 120 Å². The summed E-state index contributed by atoms with van der Waals surface area (Å²) >= 11 is 6.05. The van der Waals surface area contributed by atoms with Gasteiger partial charge in [-0.3, -0.25) is 0 Å². The normalized spacial score (nSPS) is 24.6. The Bertz CT molecular complexity index is 421. The van der Waals surface area contributed by atoms with Crippen LogP contribution in [0.3, 0.4) is 0 Å². The Morgan fingerprint density at radius 3 is 2.84 bits per heavy atom. The molecule has 0 saturated heterocycles. The van der Waals surface area contributed by atoms with Crippen LogP contribution in [-0.4, -0.2) is 13.1 Å². The van der Waals surface area contributed by atoms with Crippen molar-refractivity contribution in [1.29, 1.82) is 0 Å². The molecule has 0 bridgehead atoms. The minimum absolute atomic E-state index is 0.285. The van der Waals surface area contributed by atoms with Crippen LogP contribution >= 0.6 is 11.6 Å². The van der Waals surface area contributed by atoms with Crippen LogP contribution < -0.4 is 5.32 Å². The second-order valence-electron chi connectivity index (χ2n) is 5.66. The van der Waals surface area contributed by atoms with Gasteiger partial charge in [0, 0.05) is 6.04 Å². The molecule has 1 aliphatic rings. The average Bonchev–Trinajstić information content (AvgIpc) is 2.89. The van der Waals surface area contributed by atoms with E-state index in [0.717, 1.165) is 17.9 Å². The second-order valence-corrected chi connectivity index (χ2v) is 6.04. The van der Waals surface area contributed by atoms with Crippen LogP contribution in [0.25, 0.3) is 0 Å².